The molecule has 1 nitrogen and oxygen atoms in total. The zero-order valence-electron chi connectivity index (χ0n) is 7.67. The number of carbonyl (C=O) groups is 1. The molecule has 0 fully saturated rings. The van der Waals surface area contributed by atoms with Crippen molar-refractivity contribution >= 4 is 18.0 Å². The minimum absolute atomic E-state index is 0.257. The molecule has 0 heterocycles. The highest BCUT2D eigenvalue weighted by Gasteiger charge is 2.30. The summed E-state index contributed by atoms with van der Waals surface area (Å²) in [7, 11) is 0. The highest BCUT2D eigenvalue weighted by Crippen LogP contribution is 2.27. The molecular weight excluding hydrogens is 206 g/mol. The number of aldehydes is 1. The van der Waals surface area contributed by atoms with E-state index in [0.717, 1.165) is 10.6 Å². The third kappa shape index (κ3) is 2.54. The van der Waals surface area contributed by atoms with Crippen LogP contribution < -0.4 is 0 Å². The minimum Gasteiger partial charge on any atom is -0.296 e. The zero-order chi connectivity index (χ0) is 10.6. The summed E-state index contributed by atoms with van der Waals surface area (Å²) in [5, 5.41) is 0. The number of rotatable bonds is 4. The monoisotopic (exact) mass is 216 g/mol. The molecule has 1 aromatic rings. The Balaban J connectivity index is 2.88. The van der Waals surface area contributed by atoms with E-state index in [-0.39, 0.29) is 11.8 Å². The van der Waals surface area contributed by atoms with Crippen LogP contribution in [-0.4, -0.2) is 12.0 Å². The Bertz CT molecular complexity index is 308. The number of carbonyl (C=O) groups excluding carboxylic acids is 1. The van der Waals surface area contributed by atoms with Crippen molar-refractivity contribution in [2.45, 2.75) is 17.7 Å². The second-order valence-electron chi connectivity index (χ2n) is 2.70. The molecule has 0 spiro atoms. The molecule has 0 atom stereocenters. The molecule has 0 unspecified atom stereocenters. The van der Waals surface area contributed by atoms with Gasteiger partial charge < -0.3 is 0 Å². The first-order valence-electron chi connectivity index (χ1n) is 4.17. The van der Waals surface area contributed by atoms with Gasteiger partial charge in [-0.25, -0.2) is 0 Å². The average Bonchev–Trinajstić information content (AvgIpc) is 2.19. The Morgan fingerprint density at radius 1 is 1.36 bits per heavy atom. The van der Waals surface area contributed by atoms with E-state index in [1.807, 2.05) is 6.92 Å². The molecule has 0 bridgehead atoms. The maximum atomic E-state index is 12.8. The maximum absolute atomic E-state index is 12.8. The lowest BCUT2D eigenvalue weighted by molar-refractivity contribution is -0.130. The summed E-state index contributed by atoms with van der Waals surface area (Å²) in [5.74, 6) is -2.47. The Morgan fingerprint density at radius 3 is 2.36 bits per heavy atom. The van der Waals surface area contributed by atoms with Gasteiger partial charge >= 0.3 is 5.92 Å². The van der Waals surface area contributed by atoms with Crippen LogP contribution in [0.1, 0.15) is 12.5 Å². The lowest BCUT2D eigenvalue weighted by Crippen LogP contribution is -2.14. The van der Waals surface area contributed by atoms with E-state index in [1.165, 1.54) is 12.1 Å². The molecule has 0 amide bonds. The van der Waals surface area contributed by atoms with Crippen LogP contribution in [0.25, 0.3) is 0 Å². The molecule has 0 radical (unpaired) electrons. The van der Waals surface area contributed by atoms with Crippen molar-refractivity contribution in [2.75, 3.05) is 5.75 Å². The van der Waals surface area contributed by atoms with Crippen molar-refractivity contribution < 1.29 is 13.6 Å². The normalized spacial score (nSPS) is 11.4. The van der Waals surface area contributed by atoms with Gasteiger partial charge in [0.05, 0.1) is 0 Å². The van der Waals surface area contributed by atoms with Crippen molar-refractivity contribution in [3.05, 3.63) is 29.8 Å². The van der Waals surface area contributed by atoms with Crippen molar-refractivity contribution in [3.63, 3.8) is 0 Å². The van der Waals surface area contributed by atoms with Gasteiger partial charge in [-0.05, 0) is 17.9 Å². The molecule has 0 saturated heterocycles. The van der Waals surface area contributed by atoms with Crippen molar-refractivity contribution in [2.24, 2.45) is 0 Å². The van der Waals surface area contributed by atoms with Crippen molar-refractivity contribution in [3.8, 4) is 0 Å². The van der Waals surface area contributed by atoms with Gasteiger partial charge in [-0.1, -0.05) is 19.1 Å². The van der Waals surface area contributed by atoms with Crippen LogP contribution in [0.2, 0.25) is 0 Å². The molecule has 0 aliphatic heterocycles. The van der Waals surface area contributed by atoms with Gasteiger partial charge in [0, 0.05) is 10.5 Å². The fourth-order valence-corrected chi connectivity index (χ4v) is 1.67. The summed E-state index contributed by atoms with van der Waals surface area (Å²) in [5.41, 5.74) is -0.257. The van der Waals surface area contributed by atoms with Crippen molar-refractivity contribution in [1.29, 1.82) is 0 Å². The third-order valence-corrected chi connectivity index (χ3v) is 2.59. The first-order valence-corrected chi connectivity index (χ1v) is 5.16. The van der Waals surface area contributed by atoms with Gasteiger partial charge in [0.1, 0.15) is 0 Å². The SMILES string of the molecule is CCSc1ccc(C(F)(F)C=O)cc1. The molecular formula is C10H10F2OS. The van der Waals surface area contributed by atoms with Crippen LogP contribution in [0, 0.1) is 0 Å². The van der Waals surface area contributed by atoms with E-state index in [1.54, 1.807) is 23.9 Å². The average molecular weight is 216 g/mol. The summed E-state index contributed by atoms with van der Waals surface area (Å²) in [6, 6.07) is 5.76. The van der Waals surface area contributed by atoms with Gasteiger partial charge in [-0.15, -0.1) is 11.8 Å². The van der Waals surface area contributed by atoms with Crippen LogP contribution in [0.15, 0.2) is 29.2 Å². The summed E-state index contributed by atoms with van der Waals surface area (Å²) in [6.07, 6.45) is -0.338. The molecule has 4 heteroatoms. The second kappa shape index (κ2) is 4.55. The van der Waals surface area contributed by atoms with Crippen LogP contribution in [0.5, 0.6) is 0 Å². The smallest absolute Gasteiger partial charge is 0.296 e. The van der Waals surface area contributed by atoms with Crippen LogP contribution in [0.3, 0.4) is 0 Å². The molecule has 1 rings (SSSR count). The predicted octanol–water partition coefficient (Wildman–Crippen LogP) is 3.09. The van der Waals surface area contributed by atoms with Crippen LogP contribution in [0.4, 0.5) is 8.78 Å². The van der Waals surface area contributed by atoms with Gasteiger partial charge in [-0.3, -0.25) is 4.79 Å². The first kappa shape index (κ1) is 11.2. The van der Waals surface area contributed by atoms with E-state index in [0.29, 0.717) is 0 Å². The number of hydrogen-bond acceptors (Lipinski definition) is 2. The highest BCUT2D eigenvalue weighted by atomic mass is 32.2. The van der Waals surface area contributed by atoms with Crippen LogP contribution >= 0.6 is 11.8 Å². The summed E-state index contributed by atoms with van der Waals surface area (Å²) in [6.45, 7) is 1.98. The summed E-state index contributed by atoms with van der Waals surface area (Å²) in [4.78, 5) is 11.0. The quantitative estimate of drug-likeness (QED) is 0.568. The number of alkyl halides is 2. The maximum Gasteiger partial charge on any atom is 0.327 e. The van der Waals surface area contributed by atoms with Gasteiger partial charge in [-0.2, -0.15) is 8.78 Å². The van der Waals surface area contributed by atoms with E-state index in [2.05, 4.69) is 0 Å². The molecule has 0 N–H and O–H groups in total. The fourth-order valence-electron chi connectivity index (χ4n) is 1.01. The minimum atomic E-state index is -3.37. The highest BCUT2D eigenvalue weighted by molar-refractivity contribution is 7.99. The summed E-state index contributed by atoms with van der Waals surface area (Å²) < 4.78 is 25.7. The van der Waals surface area contributed by atoms with Gasteiger partial charge in [0.2, 0.25) is 0 Å². The largest absolute Gasteiger partial charge is 0.327 e. The molecule has 0 aliphatic rings. The lowest BCUT2D eigenvalue weighted by Gasteiger charge is -2.09. The van der Waals surface area contributed by atoms with E-state index >= 15 is 0 Å². The number of benzene rings is 1. The van der Waals surface area contributed by atoms with E-state index < -0.39 is 5.92 Å². The van der Waals surface area contributed by atoms with Gasteiger partial charge in [0.15, 0.2) is 6.29 Å². The second-order valence-corrected chi connectivity index (χ2v) is 4.04. The standard InChI is InChI=1S/C10H10F2OS/c1-2-14-9-5-3-8(4-6-9)10(11,12)7-13/h3-7H,2H2,1H3. The molecule has 0 aromatic heterocycles. The fraction of sp³-hybridized carbons (Fsp3) is 0.300. The molecule has 0 saturated carbocycles. The lowest BCUT2D eigenvalue weighted by atomic mass is 10.1. The number of thioether (sulfide) groups is 1. The van der Waals surface area contributed by atoms with Crippen molar-refractivity contribution in [1.82, 2.24) is 0 Å². The topological polar surface area (TPSA) is 17.1 Å². The molecule has 0 aliphatic carbocycles. The predicted molar refractivity (Wildman–Crippen MR) is 52.8 cm³/mol. The Morgan fingerprint density at radius 2 is 1.93 bits per heavy atom. The Kier molecular flexibility index (Phi) is 3.63. The molecule has 76 valence electrons. The Hall–Kier alpha value is -0.900. The van der Waals surface area contributed by atoms with E-state index in [9.17, 15) is 13.6 Å². The number of halogens is 2. The third-order valence-electron chi connectivity index (χ3n) is 1.70. The summed E-state index contributed by atoms with van der Waals surface area (Å²) >= 11 is 1.57. The molecule has 14 heavy (non-hydrogen) atoms. The first-order chi connectivity index (χ1) is 6.60. The Labute approximate surface area is 85.5 Å². The molecule has 1 aromatic carbocycles. The van der Waals surface area contributed by atoms with Crippen LogP contribution in [-0.2, 0) is 10.7 Å². The van der Waals surface area contributed by atoms with E-state index in [4.69, 9.17) is 0 Å². The number of hydrogen-bond donors (Lipinski definition) is 0. The van der Waals surface area contributed by atoms with Gasteiger partial charge in [0.25, 0.3) is 0 Å². The zero-order valence-corrected chi connectivity index (χ0v) is 8.48.